The van der Waals surface area contributed by atoms with Crippen LogP contribution >= 0.6 is 19.6 Å². The van der Waals surface area contributed by atoms with E-state index in [4.69, 9.17) is 18.5 Å². The van der Waals surface area contributed by atoms with Gasteiger partial charge in [0.15, 0.2) is 0 Å². The summed E-state index contributed by atoms with van der Waals surface area (Å²) in [5.41, 5.74) is 0. The molecule has 2 aliphatic rings. The van der Waals surface area contributed by atoms with E-state index in [1.165, 1.54) is 6.92 Å². The summed E-state index contributed by atoms with van der Waals surface area (Å²) in [5.74, 6) is 0.772. The highest BCUT2D eigenvalue weighted by molar-refractivity contribution is 7.99. The van der Waals surface area contributed by atoms with Gasteiger partial charge in [0, 0.05) is 26.4 Å². The molecule has 2 rings (SSSR count). The molecule has 0 radical (unpaired) electrons. The molecule has 1 unspecified atom stereocenters. The van der Waals surface area contributed by atoms with Crippen molar-refractivity contribution in [3.05, 3.63) is 0 Å². The minimum atomic E-state index is -4.42. The molecular weight excluding hydrogens is 519 g/mol. The summed E-state index contributed by atoms with van der Waals surface area (Å²) < 4.78 is 35.3. The van der Waals surface area contributed by atoms with Gasteiger partial charge in [0.05, 0.1) is 49.7 Å². The number of nitrogens with zero attached hydrogens (tertiary/aromatic N) is 2. The number of carbonyl (C=O) groups is 2. The normalized spacial score (nSPS) is 26.0. The Hall–Kier alpha value is -0.680. The summed E-state index contributed by atoms with van der Waals surface area (Å²) in [6.45, 7) is 14.3. The number of thioether (sulfide) groups is 1. The van der Waals surface area contributed by atoms with Gasteiger partial charge in [-0.3, -0.25) is 18.6 Å². The zero-order chi connectivity index (χ0) is 27.8. The summed E-state index contributed by atoms with van der Waals surface area (Å²) in [7, 11) is -4.42. The van der Waals surface area contributed by atoms with Crippen molar-refractivity contribution in [3.63, 3.8) is 0 Å². The van der Waals surface area contributed by atoms with Crippen molar-refractivity contribution in [3.8, 4) is 0 Å². The first-order valence-corrected chi connectivity index (χ1v) is 15.9. The molecule has 5 atom stereocenters. The van der Waals surface area contributed by atoms with Gasteiger partial charge < -0.3 is 24.2 Å². The molecule has 2 aliphatic heterocycles. The Morgan fingerprint density at radius 2 is 1.59 bits per heavy atom. The van der Waals surface area contributed by atoms with E-state index in [0.717, 1.165) is 12.2 Å². The van der Waals surface area contributed by atoms with Crippen LogP contribution in [0.15, 0.2) is 0 Å². The van der Waals surface area contributed by atoms with Crippen LogP contribution in [0, 0.1) is 0 Å². The number of hydrogen-bond acceptors (Lipinski definition) is 8. The third kappa shape index (κ3) is 11.5. The number of phosphoric acid groups is 1. The van der Waals surface area contributed by atoms with Crippen LogP contribution in [0.4, 0.5) is 0 Å². The Morgan fingerprint density at radius 3 is 2.19 bits per heavy atom. The number of rotatable bonds is 15. The van der Waals surface area contributed by atoms with Crippen LogP contribution in [0.2, 0.25) is 0 Å². The SMILES string of the molecule is CC(=O)N1C[C@H](OC(C)C)C[C@H]1COP(=O)(O)O[C@@H]1C[C@@H](COC(C)C)N(C(=O)CCCSC(C)C)C1. The predicted octanol–water partition coefficient (Wildman–Crippen LogP) is 3.85. The Morgan fingerprint density at radius 1 is 0.973 bits per heavy atom. The Bertz CT molecular complexity index is 784. The van der Waals surface area contributed by atoms with E-state index in [9.17, 15) is 19.0 Å². The lowest BCUT2D eigenvalue weighted by Gasteiger charge is -2.25. The number of likely N-dealkylation sites (tertiary alicyclic amines) is 2. The van der Waals surface area contributed by atoms with Gasteiger partial charge in [0.1, 0.15) is 0 Å². The summed E-state index contributed by atoms with van der Waals surface area (Å²) in [5, 5.41) is 0.519. The molecule has 37 heavy (non-hydrogen) atoms. The van der Waals surface area contributed by atoms with Crippen LogP contribution in [-0.2, 0) is 32.7 Å². The molecule has 2 saturated heterocycles. The van der Waals surface area contributed by atoms with E-state index in [0.29, 0.717) is 37.7 Å². The molecular formula is C25H47N2O8PS. The molecule has 0 aromatic rings. The lowest BCUT2D eigenvalue weighted by Crippen LogP contribution is -2.39. The summed E-state index contributed by atoms with van der Waals surface area (Å²) in [6, 6.07) is -0.600. The monoisotopic (exact) mass is 566 g/mol. The van der Waals surface area contributed by atoms with Crippen LogP contribution in [0.3, 0.4) is 0 Å². The maximum atomic E-state index is 13.0. The number of hydrogen-bond donors (Lipinski definition) is 1. The van der Waals surface area contributed by atoms with Gasteiger partial charge in [-0.1, -0.05) is 13.8 Å². The largest absolute Gasteiger partial charge is 0.472 e. The van der Waals surface area contributed by atoms with Crippen molar-refractivity contribution >= 4 is 31.4 Å². The first-order valence-electron chi connectivity index (χ1n) is 13.4. The predicted molar refractivity (Wildman–Crippen MR) is 144 cm³/mol. The lowest BCUT2D eigenvalue weighted by molar-refractivity contribution is -0.133. The van der Waals surface area contributed by atoms with E-state index in [-0.39, 0.29) is 55.4 Å². The standard InChI is InChI=1S/C25H47N2O8PS/c1-17(2)32-15-21-12-24(14-27(21)25(29)9-8-10-37-19(5)6)35-36(30,31)33-16-22-11-23(34-18(3)4)13-26(22)20(7)28/h17-19,21-24H,8-16H2,1-7H3,(H,30,31)/t21-,22-,23+,24+/m0/s1. The summed E-state index contributed by atoms with van der Waals surface area (Å²) >= 11 is 1.82. The maximum absolute atomic E-state index is 13.0. The number of carbonyl (C=O) groups excluding carboxylic acids is 2. The minimum absolute atomic E-state index is 0.000697. The fourth-order valence-electron chi connectivity index (χ4n) is 4.70. The van der Waals surface area contributed by atoms with Gasteiger partial charge in [0.2, 0.25) is 11.8 Å². The first-order chi connectivity index (χ1) is 17.3. The average Bonchev–Trinajstić information content (AvgIpc) is 3.36. The number of ether oxygens (including phenoxy) is 2. The summed E-state index contributed by atoms with van der Waals surface area (Å²) in [6.07, 6.45) is 1.33. The van der Waals surface area contributed by atoms with Gasteiger partial charge in [-0.15, -0.1) is 0 Å². The molecule has 0 aromatic carbocycles. The second-order valence-corrected chi connectivity index (χ2v) is 13.8. The Labute approximate surface area is 226 Å². The molecule has 0 bridgehead atoms. The van der Waals surface area contributed by atoms with E-state index < -0.39 is 13.9 Å². The quantitative estimate of drug-likeness (QED) is 0.233. The minimum Gasteiger partial charge on any atom is -0.377 e. The van der Waals surface area contributed by atoms with Crippen LogP contribution in [-0.4, -0.2) is 100 Å². The van der Waals surface area contributed by atoms with Gasteiger partial charge in [-0.05, 0) is 58.0 Å². The third-order valence-electron chi connectivity index (χ3n) is 6.26. The molecule has 0 aliphatic carbocycles. The van der Waals surface area contributed by atoms with Crippen molar-refractivity contribution < 1.29 is 37.6 Å². The van der Waals surface area contributed by atoms with Crippen LogP contribution in [0.1, 0.15) is 74.1 Å². The highest BCUT2D eigenvalue weighted by atomic mass is 32.2. The van der Waals surface area contributed by atoms with E-state index in [1.54, 1.807) is 9.80 Å². The van der Waals surface area contributed by atoms with E-state index in [1.807, 2.05) is 39.5 Å². The first kappa shape index (κ1) is 32.5. The van der Waals surface area contributed by atoms with Crippen molar-refractivity contribution in [2.45, 2.75) is 116 Å². The molecule has 0 spiro atoms. The molecule has 2 amide bonds. The smallest absolute Gasteiger partial charge is 0.377 e. The molecule has 216 valence electrons. The van der Waals surface area contributed by atoms with Crippen LogP contribution in [0.25, 0.3) is 0 Å². The second-order valence-electron chi connectivity index (χ2n) is 10.7. The fraction of sp³-hybridized carbons (Fsp3) is 0.920. The van der Waals surface area contributed by atoms with Gasteiger partial charge in [-0.2, -0.15) is 11.8 Å². The van der Waals surface area contributed by atoms with Crippen molar-refractivity contribution in [2.24, 2.45) is 0 Å². The average molecular weight is 567 g/mol. The van der Waals surface area contributed by atoms with Crippen LogP contribution < -0.4 is 0 Å². The molecule has 0 saturated carbocycles. The topological polar surface area (TPSA) is 115 Å². The van der Waals surface area contributed by atoms with Gasteiger partial charge >= 0.3 is 7.82 Å². The fourth-order valence-corrected chi connectivity index (χ4v) is 6.44. The Balaban J connectivity index is 1.93. The number of amides is 2. The highest BCUT2D eigenvalue weighted by Crippen LogP contribution is 2.47. The van der Waals surface area contributed by atoms with Crippen LogP contribution in [0.5, 0.6) is 0 Å². The zero-order valence-electron chi connectivity index (χ0n) is 23.5. The zero-order valence-corrected chi connectivity index (χ0v) is 25.2. The van der Waals surface area contributed by atoms with Gasteiger partial charge in [-0.25, -0.2) is 4.57 Å². The maximum Gasteiger partial charge on any atom is 0.472 e. The molecule has 2 fully saturated rings. The van der Waals surface area contributed by atoms with E-state index >= 15 is 0 Å². The number of phosphoric ester groups is 1. The van der Waals surface area contributed by atoms with E-state index in [2.05, 4.69) is 13.8 Å². The Kier molecular flexibility index (Phi) is 13.4. The molecule has 2 heterocycles. The van der Waals surface area contributed by atoms with Gasteiger partial charge in [0.25, 0.3) is 0 Å². The van der Waals surface area contributed by atoms with Crippen molar-refractivity contribution in [1.82, 2.24) is 9.80 Å². The molecule has 1 N–H and O–H groups in total. The molecule has 0 aromatic heterocycles. The highest BCUT2D eigenvalue weighted by Gasteiger charge is 2.41. The van der Waals surface area contributed by atoms with Crippen molar-refractivity contribution in [1.29, 1.82) is 0 Å². The van der Waals surface area contributed by atoms with Crippen molar-refractivity contribution in [2.75, 3.05) is 32.1 Å². The molecule has 10 nitrogen and oxygen atoms in total. The lowest BCUT2D eigenvalue weighted by atomic mass is 10.2. The molecule has 12 heteroatoms. The third-order valence-corrected chi connectivity index (χ3v) is 8.49. The second kappa shape index (κ2) is 15.2. The summed E-state index contributed by atoms with van der Waals surface area (Å²) in [4.78, 5) is 38.8.